The Balaban J connectivity index is 1.56. The van der Waals surface area contributed by atoms with Gasteiger partial charge >= 0.3 is 0 Å². The fourth-order valence-electron chi connectivity index (χ4n) is 1.75. The molecule has 3 heterocycles. The minimum absolute atomic E-state index is 0.469. The van der Waals surface area contributed by atoms with Crippen LogP contribution in [0.3, 0.4) is 0 Å². The predicted octanol–water partition coefficient (Wildman–Crippen LogP) is 3.08. The zero-order valence-corrected chi connectivity index (χ0v) is 12.4. The zero-order chi connectivity index (χ0) is 14.5. The number of hydrogen-bond acceptors (Lipinski definition) is 7. The lowest BCUT2D eigenvalue weighted by atomic mass is 10.2. The first-order valence-corrected chi connectivity index (χ1v) is 7.75. The van der Waals surface area contributed by atoms with Gasteiger partial charge in [-0.2, -0.15) is 4.98 Å². The summed E-state index contributed by atoms with van der Waals surface area (Å²) in [5.74, 6) is 2.32. The molecule has 0 aliphatic rings. The molecule has 0 atom stereocenters. The SMILES string of the molecule is CCCCc1noc(CSc2nnc(-c3ccc[nH]3)o2)n1. The number of aromatic nitrogens is 5. The number of nitrogens with zero attached hydrogens (tertiary/aromatic N) is 4. The van der Waals surface area contributed by atoms with Crippen LogP contribution in [0.2, 0.25) is 0 Å². The van der Waals surface area contributed by atoms with E-state index in [0.717, 1.165) is 30.8 Å². The second-order valence-corrected chi connectivity index (χ2v) is 5.38. The molecule has 7 nitrogen and oxygen atoms in total. The summed E-state index contributed by atoms with van der Waals surface area (Å²) < 4.78 is 10.7. The standard InChI is InChI=1S/C13H15N5O2S/c1-2-3-6-10-15-11(20-18-10)8-21-13-17-16-12(19-13)9-5-4-7-14-9/h4-5,7,14H,2-3,6,8H2,1H3. The van der Waals surface area contributed by atoms with E-state index in [1.807, 2.05) is 18.3 Å². The number of nitrogens with one attached hydrogen (secondary N) is 1. The average Bonchev–Trinajstić information content (AvgIpc) is 3.22. The van der Waals surface area contributed by atoms with E-state index in [-0.39, 0.29) is 0 Å². The molecular formula is C13H15N5O2S. The van der Waals surface area contributed by atoms with Crippen molar-refractivity contribution in [1.82, 2.24) is 25.3 Å². The van der Waals surface area contributed by atoms with Gasteiger partial charge in [-0.05, 0) is 18.6 Å². The van der Waals surface area contributed by atoms with Crippen LogP contribution < -0.4 is 0 Å². The first-order valence-electron chi connectivity index (χ1n) is 6.76. The van der Waals surface area contributed by atoms with Crippen molar-refractivity contribution in [3.05, 3.63) is 30.0 Å². The van der Waals surface area contributed by atoms with Crippen molar-refractivity contribution in [2.45, 2.75) is 37.2 Å². The van der Waals surface area contributed by atoms with Crippen LogP contribution in [0.1, 0.15) is 31.5 Å². The Kier molecular flexibility index (Phi) is 4.34. The maximum Gasteiger partial charge on any atom is 0.277 e. The molecule has 0 radical (unpaired) electrons. The smallest absolute Gasteiger partial charge is 0.277 e. The summed E-state index contributed by atoms with van der Waals surface area (Å²) in [6, 6.07) is 3.75. The van der Waals surface area contributed by atoms with Gasteiger partial charge in [-0.15, -0.1) is 10.2 Å². The minimum atomic E-state index is 0.469. The van der Waals surface area contributed by atoms with Crippen LogP contribution >= 0.6 is 11.8 Å². The van der Waals surface area contributed by atoms with Gasteiger partial charge in [-0.3, -0.25) is 0 Å². The highest BCUT2D eigenvalue weighted by atomic mass is 32.2. The fourth-order valence-corrected chi connectivity index (χ4v) is 2.35. The Morgan fingerprint density at radius 1 is 1.33 bits per heavy atom. The van der Waals surface area contributed by atoms with Gasteiger partial charge < -0.3 is 13.9 Å². The maximum atomic E-state index is 5.54. The van der Waals surface area contributed by atoms with E-state index < -0.39 is 0 Å². The summed E-state index contributed by atoms with van der Waals surface area (Å²) in [6.07, 6.45) is 4.84. The first kappa shape index (κ1) is 13.9. The van der Waals surface area contributed by atoms with Crippen molar-refractivity contribution >= 4 is 11.8 Å². The molecule has 0 aliphatic carbocycles. The highest BCUT2D eigenvalue weighted by Gasteiger charge is 2.12. The second-order valence-electron chi connectivity index (χ2n) is 4.45. The monoisotopic (exact) mass is 305 g/mol. The normalized spacial score (nSPS) is 11.1. The van der Waals surface area contributed by atoms with Crippen LogP contribution in [0.25, 0.3) is 11.6 Å². The lowest BCUT2D eigenvalue weighted by Gasteiger charge is -1.90. The van der Waals surface area contributed by atoms with Gasteiger partial charge in [-0.25, -0.2) is 0 Å². The average molecular weight is 305 g/mol. The van der Waals surface area contributed by atoms with E-state index in [4.69, 9.17) is 8.94 Å². The molecule has 1 N–H and O–H groups in total. The molecule has 3 rings (SSSR count). The molecule has 8 heteroatoms. The van der Waals surface area contributed by atoms with Crippen molar-refractivity contribution in [2.75, 3.05) is 0 Å². The molecule has 0 aromatic carbocycles. The third kappa shape index (κ3) is 3.52. The zero-order valence-electron chi connectivity index (χ0n) is 11.6. The van der Waals surface area contributed by atoms with Crippen LogP contribution in [0, 0.1) is 0 Å². The van der Waals surface area contributed by atoms with Gasteiger partial charge in [-0.1, -0.05) is 30.3 Å². The van der Waals surface area contributed by atoms with Crippen LogP contribution in [0.15, 0.2) is 32.5 Å². The summed E-state index contributed by atoms with van der Waals surface area (Å²) >= 11 is 1.38. The molecule has 21 heavy (non-hydrogen) atoms. The van der Waals surface area contributed by atoms with E-state index in [1.54, 1.807) is 0 Å². The number of aryl methyl sites for hydroxylation is 1. The Hall–Kier alpha value is -2.09. The number of thioether (sulfide) groups is 1. The van der Waals surface area contributed by atoms with Crippen molar-refractivity contribution in [1.29, 1.82) is 0 Å². The van der Waals surface area contributed by atoms with E-state index in [1.165, 1.54) is 11.8 Å². The molecule has 0 aliphatic heterocycles. The molecule has 0 fully saturated rings. The van der Waals surface area contributed by atoms with Crippen molar-refractivity contribution in [3.63, 3.8) is 0 Å². The Bertz CT molecular complexity index is 676. The van der Waals surface area contributed by atoms with Crippen molar-refractivity contribution < 1.29 is 8.94 Å². The summed E-state index contributed by atoms with van der Waals surface area (Å²) in [5.41, 5.74) is 0.800. The highest BCUT2D eigenvalue weighted by molar-refractivity contribution is 7.98. The van der Waals surface area contributed by atoms with E-state index in [2.05, 4.69) is 32.2 Å². The first-order chi connectivity index (χ1) is 10.3. The summed E-state index contributed by atoms with van der Waals surface area (Å²) in [5, 5.41) is 12.4. The summed E-state index contributed by atoms with van der Waals surface area (Å²) in [6.45, 7) is 2.13. The van der Waals surface area contributed by atoms with Crippen LogP contribution in [-0.2, 0) is 12.2 Å². The predicted molar refractivity (Wildman–Crippen MR) is 76.6 cm³/mol. The minimum Gasteiger partial charge on any atom is -0.410 e. The maximum absolute atomic E-state index is 5.54. The lowest BCUT2D eigenvalue weighted by molar-refractivity contribution is 0.383. The van der Waals surface area contributed by atoms with E-state index >= 15 is 0 Å². The van der Waals surface area contributed by atoms with Crippen molar-refractivity contribution in [3.8, 4) is 11.6 Å². The van der Waals surface area contributed by atoms with Gasteiger partial charge in [0.15, 0.2) is 5.82 Å². The van der Waals surface area contributed by atoms with E-state index in [9.17, 15) is 0 Å². The van der Waals surface area contributed by atoms with Crippen LogP contribution in [0.4, 0.5) is 0 Å². The molecule has 0 amide bonds. The Labute approximate surface area is 125 Å². The van der Waals surface area contributed by atoms with Crippen molar-refractivity contribution in [2.24, 2.45) is 0 Å². The van der Waals surface area contributed by atoms with Gasteiger partial charge in [0.1, 0.15) is 5.69 Å². The molecule has 3 aromatic rings. The molecule has 0 bridgehead atoms. The Morgan fingerprint density at radius 3 is 3.10 bits per heavy atom. The third-order valence-corrected chi connectivity index (χ3v) is 3.62. The van der Waals surface area contributed by atoms with Gasteiger partial charge in [0.2, 0.25) is 5.89 Å². The second kappa shape index (κ2) is 6.57. The number of aromatic amines is 1. The summed E-state index contributed by atoms with van der Waals surface area (Å²) in [7, 11) is 0. The largest absolute Gasteiger partial charge is 0.410 e. The highest BCUT2D eigenvalue weighted by Crippen LogP contribution is 2.24. The topological polar surface area (TPSA) is 93.6 Å². The fraction of sp³-hybridized carbons (Fsp3) is 0.385. The van der Waals surface area contributed by atoms with E-state index in [0.29, 0.717) is 22.8 Å². The molecule has 0 unspecified atom stereocenters. The molecule has 110 valence electrons. The molecular weight excluding hydrogens is 290 g/mol. The van der Waals surface area contributed by atoms with Gasteiger partial charge in [0, 0.05) is 12.6 Å². The number of rotatable bonds is 7. The molecule has 0 saturated heterocycles. The summed E-state index contributed by atoms with van der Waals surface area (Å²) in [4.78, 5) is 7.34. The third-order valence-electron chi connectivity index (χ3n) is 2.82. The molecule has 0 spiro atoms. The number of hydrogen-bond donors (Lipinski definition) is 1. The van der Waals surface area contributed by atoms with Gasteiger partial charge in [0.25, 0.3) is 11.1 Å². The lowest BCUT2D eigenvalue weighted by Crippen LogP contribution is -1.88. The Morgan fingerprint density at radius 2 is 2.29 bits per heavy atom. The van der Waals surface area contributed by atoms with Crippen LogP contribution in [0.5, 0.6) is 0 Å². The number of H-pyrrole nitrogens is 1. The number of unbranched alkanes of at least 4 members (excludes halogenated alkanes) is 1. The van der Waals surface area contributed by atoms with Crippen LogP contribution in [-0.4, -0.2) is 25.3 Å². The quantitative estimate of drug-likeness (QED) is 0.670. The van der Waals surface area contributed by atoms with Gasteiger partial charge in [0.05, 0.1) is 5.75 Å². The molecule has 0 saturated carbocycles. The molecule has 3 aromatic heterocycles.